The maximum atomic E-state index is 11.9. The van der Waals surface area contributed by atoms with E-state index in [1.165, 1.54) is 12.2 Å². The predicted molar refractivity (Wildman–Crippen MR) is 96.6 cm³/mol. The molecule has 0 aliphatic heterocycles. The van der Waals surface area contributed by atoms with E-state index < -0.39 is 10.8 Å². The molecule has 0 aliphatic rings. The molecular formula is C20H26O4. The maximum absolute atomic E-state index is 11.9. The van der Waals surface area contributed by atoms with Crippen molar-refractivity contribution in [1.82, 2.24) is 0 Å². The Balaban J connectivity index is 3.02. The van der Waals surface area contributed by atoms with Crippen LogP contribution in [0.25, 0.3) is 11.5 Å². The second kappa shape index (κ2) is 7.04. The maximum Gasteiger partial charge on any atom is 0.164 e. The summed E-state index contributed by atoms with van der Waals surface area (Å²) in [6, 6.07) is 6.34. The molecule has 0 fully saturated rings. The van der Waals surface area contributed by atoms with Gasteiger partial charge >= 0.3 is 0 Å². The third kappa shape index (κ3) is 5.37. The van der Waals surface area contributed by atoms with Gasteiger partial charge < -0.3 is 10.2 Å². The Morgan fingerprint density at radius 3 is 1.17 bits per heavy atom. The topological polar surface area (TPSA) is 74.6 Å². The molecule has 4 heteroatoms. The van der Waals surface area contributed by atoms with Crippen LogP contribution in [0.1, 0.15) is 52.7 Å². The number of carbonyl (C=O) groups excluding carboxylic acids is 2. The van der Waals surface area contributed by atoms with Crippen LogP contribution in [0, 0.1) is 10.8 Å². The van der Waals surface area contributed by atoms with Gasteiger partial charge in [-0.15, -0.1) is 0 Å². The molecular weight excluding hydrogens is 304 g/mol. The molecule has 1 aromatic carbocycles. The molecule has 0 aliphatic carbocycles. The summed E-state index contributed by atoms with van der Waals surface area (Å²) in [7, 11) is 0. The van der Waals surface area contributed by atoms with Crippen molar-refractivity contribution in [2.75, 3.05) is 0 Å². The van der Waals surface area contributed by atoms with Gasteiger partial charge in [0.25, 0.3) is 0 Å². The van der Waals surface area contributed by atoms with Crippen molar-refractivity contribution in [3.8, 4) is 0 Å². The van der Waals surface area contributed by atoms with E-state index in [0.717, 1.165) is 0 Å². The van der Waals surface area contributed by atoms with Crippen molar-refractivity contribution in [2.24, 2.45) is 10.8 Å². The third-order valence-corrected chi connectivity index (χ3v) is 3.49. The summed E-state index contributed by atoms with van der Waals surface area (Å²) in [4.78, 5) is 23.8. The lowest BCUT2D eigenvalue weighted by Gasteiger charge is -2.14. The smallest absolute Gasteiger partial charge is 0.164 e. The quantitative estimate of drug-likeness (QED) is 0.619. The molecule has 2 N–H and O–H groups in total. The Morgan fingerprint density at radius 2 is 0.958 bits per heavy atom. The first-order valence-electron chi connectivity index (χ1n) is 7.83. The molecule has 0 bridgehead atoms. The molecule has 0 heterocycles. The first kappa shape index (κ1) is 19.7. The highest BCUT2D eigenvalue weighted by molar-refractivity contribution is 5.99. The molecule has 4 nitrogen and oxygen atoms in total. The third-order valence-electron chi connectivity index (χ3n) is 3.49. The first-order chi connectivity index (χ1) is 10.8. The van der Waals surface area contributed by atoms with Crippen molar-refractivity contribution < 1.29 is 19.8 Å². The highest BCUT2D eigenvalue weighted by Gasteiger charge is 2.21. The molecule has 0 radical (unpaired) electrons. The van der Waals surface area contributed by atoms with Gasteiger partial charge in [-0.25, -0.2) is 0 Å². The van der Waals surface area contributed by atoms with Gasteiger partial charge in [0, 0.05) is 34.1 Å². The SMILES string of the molecule is CC(C)(C)C(=O)/C=C(\O)c1ccc(/C(O)=C/C(=O)C(C)(C)C)cc1. The van der Waals surface area contributed by atoms with Crippen LogP contribution < -0.4 is 0 Å². The molecule has 24 heavy (non-hydrogen) atoms. The number of rotatable bonds is 4. The summed E-state index contributed by atoms with van der Waals surface area (Å²) in [6.07, 6.45) is 2.40. The number of carbonyl (C=O) groups is 2. The van der Waals surface area contributed by atoms with Gasteiger partial charge in [-0.05, 0) is 0 Å². The number of ketones is 2. The van der Waals surface area contributed by atoms with Crippen molar-refractivity contribution in [1.29, 1.82) is 0 Å². The largest absolute Gasteiger partial charge is 0.507 e. The Morgan fingerprint density at radius 1 is 0.708 bits per heavy atom. The lowest BCUT2D eigenvalue weighted by molar-refractivity contribution is -0.122. The van der Waals surface area contributed by atoms with Gasteiger partial charge in [0.1, 0.15) is 11.5 Å². The average Bonchev–Trinajstić information content (AvgIpc) is 2.45. The van der Waals surface area contributed by atoms with Gasteiger partial charge in [-0.3, -0.25) is 9.59 Å². The van der Waals surface area contributed by atoms with E-state index in [2.05, 4.69) is 0 Å². The summed E-state index contributed by atoms with van der Waals surface area (Å²) in [5.41, 5.74) is -0.206. The van der Waals surface area contributed by atoms with E-state index in [1.54, 1.807) is 65.8 Å². The van der Waals surface area contributed by atoms with Gasteiger partial charge in [0.15, 0.2) is 11.6 Å². The molecule has 0 aromatic heterocycles. The fourth-order valence-electron chi connectivity index (χ4n) is 1.66. The summed E-state index contributed by atoms with van der Waals surface area (Å²) in [5.74, 6) is -0.614. The number of aliphatic hydroxyl groups excluding tert-OH is 2. The molecule has 0 unspecified atom stereocenters. The number of benzene rings is 1. The van der Waals surface area contributed by atoms with Crippen LogP contribution in [0.3, 0.4) is 0 Å². The number of aliphatic hydroxyl groups is 2. The Hall–Kier alpha value is -2.36. The molecule has 0 saturated carbocycles. The van der Waals surface area contributed by atoms with Gasteiger partial charge in [0.05, 0.1) is 0 Å². The minimum Gasteiger partial charge on any atom is -0.507 e. The van der Waals surface area contributed by atoms with Crippen LogP contribution in [-0.2, 0) is 9.59 Å². The predicted octanol–water partition coefficient (Wildman–Crippen LogP) is 4.71. The summed E-state index contributed by atoms with van der Waals surface area (Å²) in [6.45, 7) is 10.7. The second-order valence-corrected chi connectivity index (χ2v) is 7.87. The zero-order chi connectivity index (χ0) is 18.7. The highest BCUT2D eigenvalue weighted by atomic mass is 16.3. The second-order valence-electron chi connectivity index (χ2n) is 7.87. The lowest BCUT2D eigenvalue weighted by Crippen LogP contribution is -2.18. The molecule has 0 amide bonds. The number of hydrogen-bond acceptors (Lipinski definition) is 4. The van der Waals surface area contributed by atoms with E-state index in [4.69, 9.17) is 0 Å². The van der Waals surface area contributed by atoms with Crippen LogP contribution >= 0.6 is 0 Å². The average molecular weight is 330 g/mol. The van der Waals surface area contributed by atoms with Crippen LogP contribution in [0.5, 0.6) is 0 Å². The molecule has 0 spiro atoms. The van der Waals surface area contributed by atoms with E-state index in [0.29, 0.717) is 11.1 Å². The van der Waals surface area contributed by atoms with Gasteiger partial charge in [-0.2, -0.15) is 0 Å². The summed E-state index contributed by atoms with van der Waals surface area (Å²) >= 11 is 0. The van der Waals surface area contributed by atoms with E-state index >= 15 is 0 Å². The highest BCUT2D eigenvalue weighted by Crippen LogP contribution is 2.22. The zero-order valence-corrected chi connectivity index (χ0v) is 15.2. The van der Waals surface area contributed by atoms with E-state index in [-0.39, 0.29) is 23.1 Å². The Kier molecular flexibility index (Phi) is 5.77. The van der Waals surface area contributed by atoms with Crippen molar-refractivity contribution in [2.45, 2.75) is 41.5 Å². The fourth-order valence-corrected chi connectivity index (χ4v) is 1.66. The summed E-state index contributed by atoms with van der Waals surface area (Å²) < 4.78 is 0. The molecule has 1 aromatic rings. The number of hydrogen-bond donors (Lipinski definition) is 2. The van der Waals surface area contributed by atoms with Crippen molar-refractivity contribution >= 4 is 23.1 Å². The monoisotopic (exact) mass is 330 g/mol. The Bertz CT molecular complexity index is 617. The van der Waals surface area contributed by atoms with Gasteiger partial charge in [-0.1, -0.05) is 65.8 Å². The zero-order valence-electron chi connectivity index (χ0n) is 15.2. The standard InChI is InChI=1S/C20H26O4/c1-19(2,3)17(23)11-15(21)13-7-9-14(10-8-13)16(22)12-18(24)20(4,5)6/h7-12,21-22H,1-6H3/b15-11-,16-12-. The Labute approximate surface area is 143 Å². The molecule has 0 saturated heterocycles. The van der Waals surface area contributed by atoms with Crippen LogP contribution in [0.4, 0.5) is 0 Å². The van der Waals surface area contributed by atoms with Crippen LogP contribution in [0.2, 0.25) is 0 Å². The van der Waals surface area contributed by atoms with Gasteiger partial charge in [0.2, 0.25) is 0 Å². The van der Waals surface area contributed by atoms with Crippen LogP contribution in [-0.4, -0.2) is 21.8 Å². The minimum atomic E-state index is -0.567. The molecule has 130 valence electrons. The normalized spacial score (nSPS) is 13.8. The lowest BCUT2D eigenvalue weighted by atomic mass is 9.89. The van der Waals surface area contributed by atoms with E-state index in [9.17, 15) is 19.8 Å². The van der Waals surface area contributed by atoms with Crippen LogP contribution in [0.15, 0.2) is 36.4 Å². The fraction of sp³-hybridized carbons (Fsp3) is 0.400. The molecule has 1 rings (SSSR count). The minimum absolute atomic E-state index is 0.129. The number of allylic oxidation sites excluding steroid dienone is 2. The molecule has 0 atom stereocenters. The van der Waals surface area contributed by atoms with E-state index in [1.807, 2.05) is 0 Å². The van der Waals surface area contributed by atoms with Crippen molar-refractivity contribution in [3.05, 3.63) is 47.5 Å². The van der Waals surface area contributed by atoms with Crippen molar-refractivity contribution in [3.63, 3.8) is 0 Å². The first-order valence-corrected chi connectivity index (χ1v) is 7.83. The summed E-state index contributed by atoms with van der Waals surface area (Å²) in [5, 5.41) is 20.1.